The summed E-state index contributed by atoms with van der Waals surface area (Å²) in [4.78, 5) is 28.4. The van der Waals surface area contributed by atoms with Gasteiger partial charge in [-0.2, -0.15) is 0 Å². The van der Waals surface area contributed by atoms with Crippen LogP contribution in [0.3, 0.4) is 0 Å². The van der Waals surface area contributed by atoms with Crippen LogP contribution < -0.4 is 5.32 Å². The molecular formula is C26H30N2O2S. The number of carbonyl (C=O) groups excluding carboxylic acids is 2. The van der Waals surface area contributed by atoms with Crippen LogP contribution in [0.5, 0.6) is 0 Å². The number of piperidine rings is 1. The van der Waals surface area contributed by atoms with Crippen molar-refractivity contribution in [2.24, 2.45) is 5.92 Å². The molecule has 1 N–H and O–H groups in total. The Morgan fingerprint density at radius 1 is 0.903 bits per heavy atom. The van der Waals surface area contributed by atoms with E-state index in [1.165, 1.54) is 30.6 Å². The first kappa shape index (κ1) is 21.7. The minimum atomic E-state index is -0.0494. The maximum atomic E-state index is 12.9. The fraction of sp³-hybridized carbons (Fsp3) is 0.385. The molecule has 0 unspecified atom stereocenters. The highest BCUT2D eigenvalue weighted by molar-refractivity contribution is 8.00. The number of para-hydroxylation sites is 1. The molecule has 1 aliphatic heterocycles. The van der Waals surface area contributed by atoms with Gasteiger partial charge in [0, 0.05) is 35.2 Å². The van der Waals surface area contributed by atoms with Gasteiger partial charge in [-0.25, -0.2) is 0 Å². The second-order valence-electron chi connectivity index (χ2n) is 8.35. The molecule has 4 nitrogen and oxygen atoms in total. The Labute approximate surface area is 189 Å². The molecule has 0 bridgehead atoms. The molecule has 0 radical (unpaired) electrons. The highest BCUT2D eigenvalue weighted by Crippen LogP contribution is 2.38. The molecule has 2 fully saturated rings. The molecule has 2 aromatic carbocycles. The van der Waals surface area contributed by atoms with Crippen LogP contribution in [0, 0.1) is 5.92 Å². The molecule has 2 amide bonds. The molecule has 1 saturated heterocycles. The van der Waals surface area contributed by atoms with Gasteiger partial charge in [-0.15, -0.1) is 11.8 Å². The van der Waals surface area contributed by atoms with Gasteiger partial charge >= 0.3 is 0 Å². The largest absolute Gasteiger partial charge is 0.339 e. The van der Waals surface area contributed by atoms with Crippen LogP contribution in [0.4, 0.5) is 5.69 Å². The van der Waals surface area contributed by atoms with Crippen molar-refractivity contribution in [2.45, 2.75) is 48.7 Å². The average molecular weight is 435 g/mol. The molecular weight excluding hydrogens is 404 g/mol. The lowest BCUT2D eigenvalue weighted by molar-refractivity contribution is -0.130. The Bertz CT molecular complexity index is 914. The molecule has 5 heteroatoms. The maximum absolute atomic E-state index is 12.9. The number of likely N-dealkylation sites (tertiary alicyclic amines) is 1. The smallest absolute Gasteiger partial charge is 0.246 e. The van der Waals surface area contributed by atoms with E-state index in [2.05, 4.69) is 11.4 Å². The Kier molecular flexibility index (Phi) is 7.47. The van der Waals surface area contributed by atoms with Gasteiger partial charge in [-0.1, -0.05) is 55.3 Å². The van der Waals surface area contributed by atoms with Crippen LogP contribution in [0.15, 0.2) is 65.6 Å². The van der Waals surface area contributed by atoms with Crippen LogP contribution in [-0.2, 0) is 9.59 Å². The summed E-state index contributed by atoms with van der Waals surface area (Å²) in [6.45, 7) is 1.24. The molecule has 2 aromatic rings. The first-order valence-electron chi connectivity index (χ1n) is 11.3. The maximum Gasteiger partial charge on any atom is 0.246 e. The third-order valence-corrected chi connectivity index (χ3v) is 7.55. The molecule has 31 heavy (non-hydrogen) atoms. The minimum absolute atomic E-state index is 0.0148. The van der Waals surface area contributed by atoms with Gasteiger partial charge in [-0.05, 0) is 49.5 Å². The van der Waals surface area contributed by atoms with Crippen molar-refractivity contribution in [3.8, 4) is 0 Å². The van der Waals surface area contributed by atoms with Crippen LogP contribution >= 0.6 is 11.8 Å². The molecule has 2 aliphatic rings. The quantitative estimate of drug-likeness (QED) is 0.601. The van der Waals surface area contributed by atoms with Crippen LogP contribution in [0.25, 0.3) is 6.08 Å². The Hall–Kier alpha value is -2.53. The van der Waals surface area contributed by atoms with Gasteiger partial charge in [0.15, 0.2) is 0 Å². The van der Waals surface area contributed by atoms with Crippen LogP contribution in [0.2, 0.25) is 0 Å². The fourth-order valence-corrected chi connectivity index (χ4v) is 5.62. The van der Waals surface area contributed by atoms with Crippen LogP contribution in [0.1, 0.15) is 44.1 Å². The summed E-state index contributed by atoms with van der Waals surface area (Å²) in [5, 5.41) is 3.83. The van der Waals surface area contributed by atoms with Crippen LogP contribution in [-0.4, -0.2) is 35.1 Å². The Morgan fingerprint density at radius 2 is 1.58 bits per heavy atom. The van der Waals surface area contributed by atoms with Gasteiger partial charge in [0.05, 0.1) is 5.69 Å². The second-order valence-corrected chi connectivity index (χ2v) is 9.70. The second kappa shape index (κ2) is 10.7. The summed E-state index contributed by atoms with van der Waals surface area (Å²) in [6, 6.07) is 18.0. The fourth-order valence-electron chi connectivity index (χ4n) is 4.29. The highest BCUT2D eigenvalue weighted by Gasteiger charge is 2.27. The summed E-state index contributed by atoms with van der Waals surface area (Å²) in [5.74, 6) is 0.0408. The molecule has 1 saturated carbocycles. The van der Waals surface area contributed by atoms with Gasteiger partial charge in [-0.3, -0.25) is 9.59 Å². The minimum Gasteiger partial charge on any atom is -0.339 e. The Morgan fingerprint density at radius 3 is 2.32 bits per heavy atom. The molecule has 1 heterocycles. The Balaban J connectivity index is 1.29. The number of hydrogen-bond donors (Lipinski definition) is 1. The lowest BCUT2D eigenvalue weighted by Crippen LogP contribution is -2.40. The van der Waals surface area contributed by atoms with Gasteiger partial charge < -0.3 is 10.2 Å². The van der Waals surface area contributed by atoms with E-state index in [0.29, 0.717) is 31.2 Å². The lowest BCUT2D eigenvalue weighted by atomic mass is 9.95. The van der Waals surface area contributed by atoms with Crippen molar-refractivity contribution in [3.05, 3.63) is 66.2 Å². The summed E-state index contributed by atoms with van der Waals surface area (Å²) < 4.78 is 0. The summed E-state index contributed by atoms with van der Waals surface area (Å²) in [6.07, 6.45) is 10.0. The van der Waals surface area contributed by atoms with E-state index in [1.54, 1.807) is 6.08 Å². The number of anilines is 1. The van der Waals surface area contributed by atoms with Crippen molar-refractivity contribution in [2.75, 3.05) is 18.4 Å². The lowest BCUT2D eigenvalue weighted by Gasteiger charge is -2.30. The number of amides is 2. The third-order valence-electron chi connectivity index (χ3n) is 6.14. The van der Waals surface area contributed by atoms with Crippen molar-refractivity contribution in [1.29, 1.82) is 0 Å². The van der Waals surface area contributed by atoms with E-state index in [1.807, 2.05) is 71.3 Å². The third kappa shape index (κ3) is 6.01. The first-order chi connectivity index (χ1) is 15.2. The summed E-state index contributed by atoms with van der Waals surface area (Å²) in [7, 11) is 0. The highest BCUT2D eigenvalue weighted by atomic mass is 32.2. The normalized spacial score (nSPS) is 17.9. The van der Waals surface area contributed by atoms with Crippen molar-refractivity contribution in [3.63, 3.8) is 0 Å². The van der Waals surface area contributed by atoms with Gasteiger partial charge in [0.25, 0.3) is 0 Å². The monoisotopic (exact) mass is 434 g/mol. The number of benzene rings is 2. The number of nitrogens with one attached hydrogen (secondary N) is 1. The van der Waals surface area contributed by atoms with Crippen molar-refractivity contribution < 1.29 is 9.59 Å². The number of hydrogen-bond acceptors (Lipinski definition) is 3. The van der Waals surface area contributed by atoms with Crippen molar-refractivity contribution >= 4 is 35.3 Å². The number of thioether (sulfide) groups is 1. The van der Waals surface area contributed by atoms with E-state index >= 15 is 0 Å². The molecule has 4 rings (SSSR count). The number of rotatable bonds is 6. The van der Waals surface area contributed by atoms with Gasteiger partial charge in [0.2, 0.25) is 11.8 Å². The SMILES string of the molecule is O=C(Nc1ccccc1SC1CCCC1)C1CCN(C(=O)/C=C/c2ccccc2)CC1. The van der Waals surface area contributed by atoms with E-state index in [0.717, 1.165) is 11.3 Å². The van der Waals surface area contributed by atoms with E-state index in [9.17, 15) is 9.59 Å². The molecule has 0 atom stereocenters. The average Bonchev–Trinajstić information content (AvgIpc) is 3.33. The van der Waals surface area contributed by atoms with E-state index in [-0.39, 0.29) is 17.7 Å². The molecule has 0 spiro atoms. The molecule has 162 valence electrons. The number of carbonyl (C=O) groups is 2. The zero-order valence-corrected chi connectivity index (χ0v) is 18.7. The molecule has 1 aliphatic carbocycles. The topological polar surface area (TPSA) is 49.4 Å². The van der Waals surface area contributed by atoms with Gasteiger partial charge in [0.1, 0.15) is 0 Å². The van der Waals surface area contributed by atoms with Crippen molar-refractivity contribution in [1.82, 2.24) is 4.90 Å². The zero-order valence-electron chi connectivity index (χ0n) is 17.8. The number of nitrogens with zero attached hydrogens (tertiary/aromatic N) is 1. The predicted molar refractivity (Wildman–Crippen MR) is 128 cm³/mol. The predicted octanol–water partition coefficient (Wildman–Crippen LogP) is 5.61. The van der Waals surface area contributed by atoms with E-state index < -0.39 is 0 Å². The molecule has 0 aromatic heterocycles. The van der Waals surface area contributed by atoms with E-state index in [4.69, 9.17) is 0 Å². The zero-order chi connectivity index (χ0) is 21.5. The first-order valence-corrected chi connectivity index (χ1v) is 12.2. The summed E-state index contributed by atoms with van der Waals surface area (Å²) >= 11 is 1.90. The standard InChI is InChI=1S/C26H30N2O2S/c29-25(15-14-20-8-2-1-3-9-20)28-18-16-21(17-19-28)26(30)27-23-12-6-7-13-24(23)31-22-10-4-5-11-22/h1-3,6-9,12-15,21-22H,4-5,10-11,16-19H2,(H,27,30)/b15-14+. The summed E-state index contributed by atoms with van der Waals surface area (Å²) in [5.41, 5.74) is 1.94.